The second-order valence-electron chi connectivity index (χ2n) is 8.40. The first-order valence-corrected chi connectivity index (χ1v) is 10.9. The Morgan fingerprint density at radius 3 is 1.30 bits per heavy atom. The normalized spacial score (nSPS) is 11.5. The van der Waals surface area contributed by atoms with Crippen LogP contribution in [-0.4, -0.2) is 16.0 Å². The molecule has 0 spiro atoms. The van der Waals surface area contributed by atoms with Crippen LogP contribution >= 0.6 is 0 Å². The van der Waals surface area contributed by atoms with Crippen molar-refractivity contribution < 1.29 is 15.0 Å². The fraction of sp³-hybridized carbons (Fsp3) is 0.0333. The Balaban J connectivity index is 1.93. The molecule has 0 aliphatic carbocycles. The molecular weight excluding hydrogens is 408 g/mol. The number of benzene rings is 6. The highest BCUT2D eigenvalue weighted by molar-refractivity contribution is 6.26. The van der Waals surface area contributed by atoms with Gasteiger partial charge in [-0.15, -0.1) is 0 Å². The maximum atomic E-state index is 12.1. The minimum Gasteiger partial charge on any atom is -0.507 e. The predicted octanol–water partition coefficient (Wildman–Crippen LogP) is 7.58. The van der Waals surface area contributed by atoms with E-state index in [1.165, 1.54) is 6.92 Å². The highest BCUT2D eigenvalue weighted by atomic mass is 16.3. The maximum absolute atomic E-state index is 12.1. The van der Waals surface area contributed by atoms with Crippen LogP contribution in [0.4, 0.5) is 0 Å². The third kappa shape index (κ3) is 2.72. The van der Waals surface area contributed by atoms with E-state index in [-0.39, 0.29) is 17.3 Å². The molecule has 0 saturated heterocycles. The molecule has 0 saturated carbocycles. The van der Waals surface area contributed by atoms with Gasteiger partial charge in [-0.1, -0.05) is 84.9 Å². The number of rotatable bonds is 2. The number of carbonyl (C=O) groups is 1. The molecule has 0 amide bonds. The van der Waals surface area contributed by atoms with Crippen LogP contribution in [0.5, 0.6) is 11.5 Å². The molecule has 0 fully saturated rings. The Morgan fingerprint density at radius 2 is 0.879 bits per heavy atom. The lowest BCUT2D eigenvalue weighted by Gasteiger charge is -2.19. The van der Waals surface area contributed by atoms with Gasteiger partial charge in [-0.2, -0.15) is 0 Å². The summed E-state index contributed by atoms with van der Waals surface area (Å²) >= 11 is 0. The number of ketones is 1. The van der Waals surface area contributed by atoms with E-state index in [0.29, 0.717) is 10.9 Å². The monoisotopic (exact) mass is 428 g/mol. The Labute approximate surface area is 190 Å². The van der Waals surface area contributed by atoms with Crippen molar-refractivity contribution >= 4 is 48.9 Å². The molecule has 6 aromatic rings. The topological polar surface area (TPSA) is 57.5 Å². The lowest BCUT2D eigenvalue weighted by Crippen LogP contribution is -1.94. The summed E-state index contributed by atoms with van der Waals surface area (Å²) in [6, 6.07) is 29.0. The molecule has 0 unspecified atom stereocenters. The van der Waals surface area contributed by atoms with Gasteiger partial charge in [0.15, 0.2) is 5.78 Å². The van der Waals surface area contributed by atoms with Gasteiger partial charge >= 0.3 is 0 Å². The summed E-state index contributed by atoms with van der Waals surface area (Å²) in [5.74, 6) is 0.377. The predicted molar refractivity (Wildman–Crippen MR) is 135 cm³/mol. The smallest absolute Gasteiger partial charge is 0.159 e. The number of phenols is 2. The Morgan fingerprint density at radius 1 is 0.515 bits per heavy atom. The fourth-order valence-corrected chi connectivity index (χ4v) is 5.02. The van der Waals surface area contributed by atoms with E-state index in [4.69, 9.17) is 0 Å². The number of phenolic OH excluding ortho intramolecular Hbond substituents is 2. The average Bonchev–Trinajstić information content (AvgIpc) is 2.85. The first-order chi connectivity index (χ1) is 16.1. The van der Waals surface area contributed by atoms with E-state index in [1.54, 1.807) is 6.07 Å². The summed E-state index contributed by atoms with van der Waals surface area (Å²) in [5, 5.41) is 28.8. The van der Waals surface area contributed by atoms with Crippen molar-refractivity contribution in [1.82, 2.24) is 0 Å². The molecule has 0 aliphatic rings. The third-order valence-electron chi connectivity index (χ3n) is 6.56. The van der Waals surface area contributed by atoms with Crippen molar-refractivity contribution in [2.75, 3.05) is 0 Å². The Kier molecular flexibility index (Phi) is 4.14. The van der Waals surface area contributed by atoms with Crippen LogP contribution in [0.25, 0.3) is 54.2 Å². The minimum absolute atomic E-state index is 0.0495. The van der Waals surface area contributed by atoms with Gasteiger partial charge in [0.25, 0.3) is 0 Å². The summed E-state index contributed by atoms with van der Waals surface area (Å²) < 4.78 is 0. The molecule has 0 radical (unpaired) electrons. The number of aromatic hydroxyl groups is 2. The summed E-state index contributed by atoms with van der Waals surface area (Å²) in [4.78, 5) is 12.1. The maximum Gasteiger partial charge on any atom is 0.159 e. The molecule has 0 heterocycles. The van der Waals surface area contributed by atoms with Gasteiger partial charge < -0.3 is 10.2 Å². The summed E-state index contributed by atoms with van der Waals surface area (Å²) in [6.45, 7) is 1.53. The van der Waals surface area contributed by atoms with Gasteiger partial charge in [0.2, 0.25) is 0 Å². The van der Waals surface area contributed by atoms with Crippen LogP contribution in [0.3, 0.4) is 0 Å². The van der Waals surface area contributed by atoms with Gasteiger partial charge in [-0.25, -0.2) is 0 Å². The molecule has 6 rings (SSSR count). The van der Waals surface area contributed by atoms with Crippen LogP contribution in [-0.2, 0) is 0 Å². The number of Topliss-reactive ketones (excluding diaryl/α,β-unsaturated/α-hetero) is 1. The van der Waals surface area contributed by atoms with Gasteiger partial charge in [-0.3, -0.25) is 4.79 Å². The van der Waals surface area contributed by atoms with Crippen LogP contribution in [0, 0.1) is 0 Å². The molecule has 0 atom stereocenters. The zero-order valence-corrected chi connectivity index (χ0v) is 18.0. The highest BCUT2D eigenvalue weighted by Gasteiger charge is 2.21. The molecule has 158 valence electrons. The molecule has 0 aromatic heterocycles. The van der Waals surface area contributed by atoms with Crippen LogP contribution in [0.2, 0.25) is 0 Å². The zero-order chi connectivity index (χ0) is 22.7. The Bertz CT molecular complexity index is 1710. The van der Waals surface area contributed by atoms with Crippen LogP contribution < -0.4 is 0 Å². The number of carbonyl (C=O) groups excluding carboxylic acids is 1. The second-order valence-corrected chi connectivity index (χ2v) is 8.40. The molecular formula is C30H20O3. The van der Waals surface area contributed by atoms with Crippen molar-refractivity contribution in [2.24, 2.45) is 0 Å². The van der Waals surface area contributed by atoms with Crippen LogP contribution in [0.1, 0.15) is 17.3 Å². The van der Waals surface area contributed by atoms with Crippen molar-refractivity contribution in [3.63, 3.8) is 0 Å². The van der Waals surface area contributed by atoms with E-state index < -0.39 is 0 Å². The molecule has 0 bridgehead atoms. The largest absolute Gasteiger partial charge is 0.507 e. The van der Waals surface area contributed by atoms with E-state index in [1.807, 2.05) is 84.9 Å². The lowest BCUT2D eigenvalue weighted by atomic mass is 9.85. The molecule has 6 aromatic carbocycles. The fourth-order valence-electron chi connectivity index (χ4n) is 5.02. The minimum atomic E-state index is -0.0495. The first kappa shape index (κ1) is 19.3. The van der Waals surface area contributed by atoms with Crippen molar-refractivity contribution in [3.8, 4) is 22.6 Å². The summed E-state index contributed by atoms with van der Waals surface area (Å²) in [7, 11) is 0. The summed E-state index contributed by atoms with van der Waals surface area (Å²) in [5.41, 5.74) is 2.52. The van der Waals surface area contributed by atoms with Gasteiger partial charge in [0.05, 0.1) is 0 Å². The number of hydrogen-bond acceptors (Lipinski definition) is 3. The van der Waals surface area contributed by atoms with E-state index in [0.717, 1.165) is 48.8 Å². The molecule has 3 nitrogen and oxygen atoms in total. The standard InChI is InChI=1S/C30H20O3/c1-17(31)18-14-15-22-26(16-18)30(33)25-13-7-4-10-21(25)28(22)27-19-8-2-5-11-23(19)29(32)24-12-6-3-9-20(24)27/h2-16,32-33H,1H3. The van der Waals surface area contributed by atoms with Gasteiger partial charge in [-0.05, 0) is 45.7 Å². The van der Waals surface area contributed by atoms with Crippen molar-refractivity contribution in [2.45, 2.75) is 6.92 Å². The molecule has 3 heteroatoms. The summed E-state index contributed by atoms with van der Waals surface area (Å²) in [6.07, 6.45) is 0. The van der Waals surface area contributed by atoms with E-state index >= 15 is 0 Å². The SMILES string of the molecule is CC(=O)c1ccc2c(-c3c4ccccc4c(O)c4ccccc34)c3ccccc3c(O)c2c1. The number of hydrogen-bond donors (Lipinski definition) is 2. The average molecular weight is 428 g/mol. The second kappa shape index (κ2) is 7.07. The molecule has 33 heavy (non-hydrogen) atoms. The lowest BCUT2D eigenvalue weighted by molar-refractivity contribution is 0.101. The van der Waals surface area contributed by atoms with Crippen molar-refractivity contribution in [1.29, 1.82) is 0 Å². The van der Waals surface area contributed by atoms with Gasteiger partial charge in [0.1, 0.15) is 11.5 Å². The third-order valence-corrected chi connectivity index (χ3v) is 6.56. The zero-order valence-electron chi connectivity index (χ0n) is 18.0. The highest BCUT2D eigenvalue weighted by Crippen LogP contribution is 2.49. The molecule has 2 N–H and O–H groups in total. The van der Waals surface area contributed by atoms with Crippen molar-refractivity contribution in [3.05, 3.63) is 96.6 Å². The van der Waals surface area contributed by atoms with Crippen LogP contribution in [0.15, 0.2) is 91.0 Å². The number of fused-ring (bicyclic) bond motifs is 4. The molecule has 0 aliphatic heterocycles. The first-order valence-electron chi connectivity index (χ1n) is 10.9. The quantitative estimate of drug-likeness (QED) is 0.221. The Hall–Kier alpha value is -4.37. The van der Waals surface area contributed by atoms with E-state index in [2.05, 4.69) is 0 Å². The van der Waals surface area contributed by atoms with E-state index in [9.17, 15) is 15.0 Å². The van der Waals surface area contributed by atoms with Gasteiger partial charge in [0, 0.05) is 27.1 Å².